The summed E-state index contributed by atoms with van der Waals surface area (Å²) >= 11 is 0. The Labute approximate surface area is 252 Å². The predicted molar refractivity (Wildman–Crippen MR) is 171 cm³/mol. The third-order valence-corrected chi connectivity index (χ3v) is 8.10. The molecule has 0 saturated carbocycles. The molecule has 0 saturated heterocycles. The molecule has 210 valence electrons. The molecule has 0 radical (unpaired) electrons. The molecule has 0 amide bonds. The Balaban J connectivity index is 1.41. The SMILES string of the molecule is CC(C)(C)c1cc(Oc2cccc(Oc3ccccn3)c2)nc(C2(c3ccccc3)c3ccccc3-c3ccccc32)c1. The fraction of sp³-hybridized carbons (Fsp3) is 0.128. The molecule has 43 heavy (non-hydrogen) atoms. The highest BCUT2D eigenvalue weighted by Crippen LogP contribution is 2.56. The predicted octanol–water partition coefficient (Wildman–Crippen LogP) is 9.72. The van der Waals surface area contributed by atoms with E-state index >= 15 is 0 Å². The fourth-order valence-corrected chi connectivity index (χ4v) is 6.09. The van der Waals surface area contributed by atoms with E-state index < -0.39 is 5.41 Å². The van der Waals surface area contributed by atoms with Gasteiger partial charge in [0, 0.05) is 24.4 Å². The van der Waals surface area contributed by atoms with E-state index in [9.17, 15) is 0 Å². The minimum Gasteiger partial charge on any atom is -0.439 e. The normalized spacial score (nSPS) is 13.2. The molecule has 4 aromatic carbocycles. The maximum Gasteiger partial charge on any atom is 0.219 e. The molecule has 0 spiro atoms. The zero-order valence-corrected chi connectivity index (χ0v) is 24.5. The third-order valence-electron chi connectivity index (χ3n) is 8.10. The molecule has 0 N–H and O–H groups in total. The fourth-order valence-electron chi connectivity index (χ4n) is 6.09. The minimum atomic E-state index is -0.613. The van der Waals surface area contributed by atoms with Crippen molar-refractivity contribution in [2.45, 2.75) is 31.6 Å². The molecule has 2 aromatic heterocycles. The summed E-state index contributed by atoms with van der Waals surface area (Å²) in [6.07, 6.45) is 1.71. The number of fused-ring (bicyclic) bond motifs is 3. The number of ether oxygens (including phenoxy) is 2. The van der Waals surface area contributed by atoms with E-state index in [0.29, 0.717) is 23.3 Å². The van der Waals surface area contributed by atoms with Crippen LogP contribution in [0.3, 0.4) is 0 Å². The van der Waals surface area contributed by atoms with Gasteiger partial charge in [0.25, 0.3) is 0 Å². The third kappa shape index (κ3) is 4.75. The Morgan fingerprint density at radius 3 is 1.79 bits per heavy atom. The molecule has 0 bridgehead atoms. The summed E-state index contributed by atoms with van der Waals surface area (Å²) in [4.78, 5) is 9.59. The maximum atomic E-state index is 6.54. The number of hydrogen-bond acceptors (Lipinski definition) is 4. The zero-order chi connectivity index (χ0) is 29.4. The van der Waals surface area contributed by atoms with Gasteiger partial charge in [-0.2, -0.15) is 0 Å². The summed E-state index contributed by atoms with van der Waals surface area (Å²) < 4.78 is 12.5. The van der Waals surface area contributed by atoms with Crippen LogP contribution in [-0.2, 0) is 10.8 Å². The zero-order valence-electron chi connectivity index (χ0n) is 24.5. The number of benzene rings is 4. The average molecular weight is 561 g/mol. The molecule has 0 unspecified atom stereocenters. The first-order valence-corrected chi connectivity index (χ1v) is 14.6. The Morgan fingerprint density at radius 1 is 0.558 bits per heavy atom. The van der Waals surface area contributed by atoms with E-state index in [2.05, 4.69) is 117 Å². The molecule has 0 atom stereocenters. The monoisotopic (exact) mass is 560 g/mol. The second-order valence-corrected chi connectivity index (χ2v) is 11.9. The number of hydrogen-bond donors (Lipinski definition) is 0. The van der Waals surface area contributed by atoms with Gasteiger partial charge in [-0.05, 0) is 63.1 Å². The van der Waals surface area contributed by atoms with Crippen molar-refractivity contribution < 1.29 is 9.47 Å². The maximum absolute atomic E-state index is 6.54. The topological polar surface area (TPSA) is 44.2 Å². The lowest BCUT2D eigenvalue weighted by Gasteiger charge is -2.34. The first-order valence-electron chi connectivity index (χ1n) is 14.6. The van der Waals surface area contributed by atoms with E-state index in [4.69, 9.17) is 14.5 Å². The Morgan fingerprint density at radius 2 is 1.16 bits per heavy atom. The summed E-state index contributed by atoms with van der Waals surface area (Å²) in [7, 11) is 0. The average Bonchev–Trinajstić information content (AvgIpc) is 3.33. The first-order chi connectivity index (χ1) is 20.9. The van der Waals surface area contributed by atoms with Crippen LogP contribution in [-0.4, -0.2) is 9.97 Å². The number of nitrogens with zero attached hydrogens (tertiary/aromatic N) is 2. The summed E-state index contributed by atoms with van der Waals surface area (Å²) in [6.45, 7) is 6.68. The van der Waals surface area contributed by atoms with Crippen LogP contribution in [0, 0.1) is 0 Å². The van der Waals surface area contributed by atoms with Crippen LogP contribution in [0.15, 0.2) is 140 Å². The van der Waals surface area contributed by atoms with Crippen LogP contribution in [0.5, 0.6) is 23.3 Å². The molecule has 4 nitrogen and oxygen atoms in total. The number of rotatable bonds is 6. The molecule has 1 aliphatic carbocycles. The van der Waals surface area contributed by atoms with Crippen molar-refractivity contribution in [3.05, 3.63) is 168 Å². The van der Waals surface area contributed by atoms with Crippen LogP contribution in [0.1, 0.15) is 48.7 Å². The standard InChI is InChI=1S/C39H32N2O2/c1-38(2,3)28-24-35(41-37(25-28)43-30-17-13-16-29(26-30)42-36-22-11-12-23-40-36)39(27-14-5-4-6-15-27)33-20-9-7-18-31(33)32-19-8-10-21-34(32)39/h4-26H,1-3H3. The molecular weight excluding hydrogens is 528 g/mol. The Hall–Kier alpha value is -5.22. The van der Waals surface area contributed by atoms with E-state index in [1.807, 2.05) is 42.5 Å². The summed E-state index contributed by atoms with van der Waals surface area (Å²) in [5.41, 5.74) is 7.38. The van der Waals surface area contributed by atoms with Gasteiger partial charge in [-0.3, -0.25) is 0 Å². The molecule has 4 heteroatoms. The van der Waals surface area contributed by atoms with Gasteiger partial charge in [0.2, 0.25) is 11.8 Å². The van der Waals surface area contributed by atoms with Gasteiger partial charge in [0.05, 0.1) is 11.1 Å². The van der Waals surface area contributed by atoms with Gasteiger partial charge in [-0.1, -0.05) is 112 Å². The second-order valence-electron chi connectivity index (χ2n) is 11.9. The lowest BCUT2D eigenvalue weighted by atomic mass is 9.69. The molecular formula is C39H32N2O2. The van der Waals surface area contributed by atoms with Crippen molar-refractivity contribution in [1.29, 1.82) is 0 Å². The Bertz CT molecular complexity index is 1860. The quantitative estimate of drug-likeness (QED) is 0.203. The van der Waals surface area contributed by atoms with Crippen molar-refractivity contribution in [2.24, 2.45) is 0 Å². The van der Waals surface area contributed by atoms with Gasteiger partial charge >= 0.3 is 0 Å². The van der Waals surface area contributed by atoms with Crippen molar-refractivity contribution in [3.63, 3.8) is 0 Å². The van der Waals surface area contributed by atoms with Gasteiger partial charge < -0.3 is 9.47 Å². The van der Waals surface area contributed by atoms with Gasteiger partial charge in [0.15, 0.2) is 0 Å². The Kier molecular flexibility index (Phi) is 6.55. The highest BCUT2D eigenvalue weighted by Gasteiger charge is 2.47. The number of aromatic nitrogens is 2. The molecule has 7 rings (SSSR count). The van der Waals surface area contributed by atoms with E-state index in [1.165, 1.54) is 27.8 Å². The summed E-state index contributed by atoms with van der Waals surface area (Å²) in [5, 5.41) is 0. The van der Waals surface area contributed by atoms with E-state index in [-0.39, 0.29) is 5.41 Å². The van der Waals surface area contributed by atoms with Crippen LogP contribution in [0.2, 0.25) is 0 Å². The minimum absolute atomic E-state index is 0.144. The van der Waals surface area contributed by atoms with Crippen molar-refractivity contribution in [1.82, 2.24) is 9.97 Å². The van der Waals surface area contributed by atoms with E-state index in [1.54, 1.807) is 6.20 Å². The van der Waals surface area contributed by atoms with Crippen molar-refractivity contribution in [3.8, 4) is 34.4 Å². The van der Waals surface area contributed by atoms with Gasteiger partial charge in [-0.15, -0.1) is 0 Å². The molecule has 0 aliphatic heterocycles. The molecule has 0 fully saturated rings. The van der Waals surface area contributed by atoms with Crippen LogP contribution < -0.4 is 9.47 Å². The first kappa shape index (κ1) is 26.7. The summed E-state index contributed by atoms with van der Waals surface area (Å²) in [5.74, 6) is 2.34. The molecule has 6 aromatic rings. The van der Waals surface area contributed by atoms with Gasteiger partial charge in [0.1, 0.15) is 11.5 Å². The van der Waals surface area contributed by atoms with Crippen molar-refractivity contribution >= 4 is 0 Å². The largest absolute Gasteiger partial charge is 0.439 e. The van der Waals surface area contributed by atoms with E-state index in [0.717, 1.165) is 11.3 Å². The lowest BCUT2D eigenvalue weighted by Crippen LogP contribution is -2.30. The van der Waals surface area contributed by atoms with Crippen molar-refractivity contribution in [2.75, 3.05) is 0 Å². The smallest absolute Gasteiger partial charge is 0.219 e. The second kappa shape index (κ2) is 10.6. The van der Waals surface area contributed by atoms with Crippen LogP contribution in [0.4, 0.5) is 0 Å². The van der Waals surface area contributed by atoms with Crippen LogP contribution in [0.25, 0.3) is 11.1 Å². The molecule has 1 aliphatic rings. The van der Waals surface area contributed by atoms with Gasteiger partial charge in [-0.25, -0.2) is 9.97 Å². The lowest BCUT2D eigenvalue weighted by molar-refractivity contribution is 0.437. The highest BCUT2D eigenvalue weighted by atomic mass is 16.5. The summed E-state index contributed by atoms with van der Waals surface area (Å²) in [6, 6.07) is 45.6. The number of pyridine rings is 2. The van der Waals surface area contributed by atoms with Crippen LogP contribution >= 0.6 is 0 Å². The highest BCUT2D eigenvalue weighted by molar-refractivity contribution is 5.85. The molecule has 2 heterocycles.